The molecule has 2 nitrogen and oxygen atoms in total. The molecule has 0 saturated carbocycles. The maximum atomic E-state index is 13.3. The lowest BCUT2D eigenvalue weighted by Gasteiger charge is -1.96. The summed E-state index contributed by atoms with van der Waals surface area (Å²) in [5.41, 5.74) is 0.399. The van der Waals surface area contributed by atoms with Crippen LogP contribution in [0.3, 0.4) is 0 Å². The molecule has 0 spiro atoms. The van der Waals surface area contributed by atoms with Gasteiger partial charge in [-0.25, -0.2) is 9.37 Å². The summed E-state index contributed by atoms with van der Waals surface area (Å²) in [6.07, 6.45) is 1.47. The Morgan fingerprint density at radius 3 is 2.79 bits per heavy atom. The van der Waals surface area contributed by atoms with Crippen molar-refractivity contribution in [3.8, 4) is 11.3 Å². The first-order valence-corrected chi connectivity index (χ1v) is 4.60. The standard InChI is InChI=1S/C10H7ClFNO/c11-5-10-13-6-9(14-10)7-3-1-2-4-8(7)12/h1-4,6H,5H2. The van der Waals surface area contributed by atoms with E-state index in [4.69, 9.17) is 16.0 Å². The topological polar surface area (TPSA) is 26.0 Å². The van der Waals surface area contributed by atoms with E-state index in [0.29, 0.717) is 17.2 Å². The van der Waals surface area contributed by atoms with Crippen LogP contribution in [0.25, 0.3) is 11.3 Å². The van der Waals surface area contributed by atoms with Crippen molar-refractivity contribution < 1.29 is 8.81 Å². The highest BCUT2D eigenvalue weighted by atomic mass is 35.5. The van der Waals surface area contributed by atoms with Crippen LogP contribution in [-0.2, 0) is 5.88 Å². The molecule has 1 aromatic heterocycles. The van der Waals surface area contributed by atoms with Crippen LogP contribution in [0.4, 0.5) is 4.39 Å². The van der Waals surface area contributed by atoms with Gasteiger partial charge in [-0.05, 0) is 12.1 Å². The van der Waals surface area contributed by atoms with Gasteiger partial charge in [-0.1, -0.05) is 12.1 Å². The van der Waals surface area contributed by atoms with E-state index in [9.17, 15) is 4.39 Å². The second-order valence-electron chi connectivity index (χ2n) is 2.73. The highest BCUT2D eigenvalue weighted by molar-refractivity contribution is 6.16. The summed E-state index contributed by atoms with van der Waals surface area (Å²) in [5.74, 6) is 0.655. The van der Waals surface area contributed by atoms with Gasteiger partial charge >= 0.3 is 0 Å². The third-order valence-corrected chi connectivity index (χ3v) is 2.04. The van der Waals surface area contributed by atoms with Crippen molar-refractivity contribution in [1.29, 1.82) is 0 Å². The van der Waals surface area contributed by atoms with Crippen molar-refractivity contribution >= 4 is 11.6 Å². The second kappa shape index (κ2) is 3.80. The number of rotatable bonds is 2. The maximum absolute atomic E-state index is 13.3. The minimum atomic E-state index is -0.329. The lowest BCUT2D eigenvalue weighted by molar-refractivity contribution is 0.523. The zero-order valence-electron chi connectivity index (χ0n) is 7.21. The van der Waals surface area contributed by atoms with Crippen molar-refractivity contribution in [3.63, 3.8) is 0 Å². The molecule has 14 heavy (non-hydrogen) atoms. The van der Waals surface area contributed by atoms with Crippen LogP contribution < -0.4 is 0 Å². The van der Waals surface area contributed by atoms with Gasteiger partial charge in [0, 0.05) is 0 Å². The molecule has 0 aliphatic rings. The van der Waals surface area contributed by atoms with Crippen LogP contribution in [0.15, 0.2) is 34.9 Å². The average Bonchev–Trinajstić information content (AvgIpc) is 2.67. The molecule has 0 saturated heterocycles. The van der Waals surface area contributed by atoms with Gasteiger partial charge in [-0.15, -0.1) is 11.6 Å². The first-order chi connectivity index (χ1) is 6.81. The third-order valence-electron chi connectivity index (χ3n) is 1.81. The van der Waals surface area contributed by atoms with Crippen LogP contribution in [0.2, 0.25) is 0 Å². The Kier molecular flexibility index (Phi) is 2.50. The van der Waals surface area contributed by atoms with E-state index in [2.05, 4.69) is 4.98 Å². The highest BCUT2D eigenvalue weighted by Gasteiger charge is 2.09. The summed E-state index contributed by atoms with van der Waals surface area (Å²) in [6.45, 7) is 0. The van der Waals surface area contributed by atoms with Crippen LogP contribution in [-0.4, -0.2) is 4.98 Å². The Morgan fingerprint density at radius 2 is 2.14 bits per heavy atom. The van der Waals surface area contributed by atoms with Crippen LogP contribution >= 0.6 is 11.6 Å². The third kappa shape index (κ3) is 1.63. The Balaban J connectivity index is 2.44. The molecule has 0 atom stereocenters. The van der Waals surface area contributed by atoms with Crippen molar-refractivity contribution in [2.75, 3.05) is 0 Å². The molecule has 0 fully saturated rings. The molecule has 2 aromatic rings. The molecule has 0 amide bonds. The SMILES string of the molecule is Fc1ccccc1-c1cnc(CCl)o1. The summed E-state index contributed by atoms with van der Waals surface area (Å²) in [5, 5.41) is 0. The number of aromatic nitrogens is 1. The summed E-state index contributed by atoms with van der Waals surface area (Å²) in [4.78, 5) is 3.89. The Morgan fingerprint density at radius 1 is 1.36 bits per heavy atom. The molecule has 1 heterocycles. The summed E-state index contributed by atoms with van der Waals surface area (Å²) < 4.78 is 18.5. The van der Waals surface area contributed by atoms with Crippen LogP contribution in [0.1, 0.15) is 5.89 Å². The van der Waals surface area contributed by atoms with Gasteiger partial charge in [0.25, 0.3) is 0 Å². The zero-order valence-corrected chi connectivity index (χ0v) is 7.96. The van der Waals surface area contributed by atoms with Gasteiger partial charge in [0.1, 0.15) is 5.82 Å². The maximum Gasteiger partial charge on any atom is 0.209 e. The van der Waals surface area contributed by atoms with Crippen LogP contribution in [0.5, 0.6) is 0 Å². The highest BCUT2D eigenvalue weighted by Crippen LogP contribution is 2.23. The summed E-state index contributed by atoms with van der Waals surface area (Å²) in [6, 6.07) is 6.37. The van der Waals surface area contributed by atoms with E-state index in [1.54, 1.807) is 18.2 Å². The summed E-state index contributed by atoms with van der Waals surface area (Å²) >= 11 is 5.52. The van der Waals surface area contributed by atoms with Crippen molar-refractivity contribution in [2.24, 2.45) is 0 Å². The lowest BCUT2D eigenvalue weighted by Crippen LogP contribution is -1.79. The fraction of sp³-hybridized carbons (Fsp3) is 0.100. The fourth-order valence-electron chi connectivity index (χ4n) is 1.16. The van der Waals surface area contributed by atoms with E-state index in [1.165, 1.54) is 12.3 Å². The normalized spacial score (nSPS) is 10.4. The predicted molar refractivity (Wildman–Crippen MR) is 51.5 cm³/mol. The Labute approximate surface area is 85.3 Å². The number of oxazole rings is 1. The molecule has 0 radical (unpaired) electrons. The molecule has 2 rings (SSSR count). The molecule has 0 N–H and O–H groups in total. The first-order valence-electron chi connectivity index (χ1n) is 4.07. The van der Waals surface area contributed by atoms with Gasteiger partial charge in [0.05, 0.1) is 17.6 Å². The molecular formula is C10H7ClFNO. The van der Waals surface area contributed by atoms with E-state index in [-0.39, 0.29) is 11.7 Å². The molecule has 72 valence electrons. The van der Waals surface area contributed by atoms with Crippen molar-refractivity contribution in [2.45, 2.75) is 5.88 Å². The summed E-state index contributed by atoms with van der Waals surface area (Å²) in [7, 11) is 0. The predicted octanol–water partition coefficient (Wildman–Crippen LogP) is 3.22. The molecule has 1 aromatic carbocycles. The van der Waals surface area contributed by atoms with Crippen LogP contribution in [0, 0.1) is 5.82 Å². The van der Waals surface area contributed by atoms with Crippen molar-refractivity contribution in [3.05, 3.63) is 42.2 Å². The van der Waals surface area contributed by atoms with Gasteiger partial charge in [-0.3, -0.25) is 0 Å². The molecule has 0 aliphatic carbocycles. The fourth-order valence-corrected chi connectivity index (χ4v) is 1.28. The minimum Gasteiger partial charge on any atom is -0.439 e. The molecular weight excluding hydrogens is 205 g/mol. The number of hydrogen-bond acceptors (Lipinski definition) is 2. The molecule has 0 bridgehead atoms. The Hall–Kier alpha value is -1.35. The molecule has 4 heteroatoms. The quantitative estimate of drug-likeness (QED) is 0.713. The molecule has 0 unspecified atom stereocenters. The first kappa shape index (κ1) is 9.21. The van der Waals surface area contributed by atoms with Gasteiger partial charge < -0.3 is 4.42 Å². The smallest absolute Gasteiger partial charge is 0.209 e. The molecule has 0 aliphatic heterocycles. The zero-order chi connectivity index (χ0) is 9.97. The number of nitrogens with zero attached hydrogens (tertiary/aromatic N) is 1. The van der Waals surface area contributed by atoms with Gasteiger partial charge in [0.15, 0.2) is 5.76 Å². The minimum absolute atomic E-state index is 0.189. The van der Waals surface area contributed by atoms with Gasteiger partial charge in [0.2, 0.25) is 5.89 Å². The van der Waals surface area contributed by atoms with Gasteiger partial charge in [-0.2, -0.15) is 0 Å². The number of hydrogen-bond donors (Lipinski definition) is 0. The van der Waals surface area contributed by atoms with E-state index in [0.717, 1.165) is 0 Å². The van der Waals surface area contributed by atoms with Crippen molar-refractivity contribution in [1.82, 2.24) is 4.98 Å². The Bertz CT molecular complexity index is 441. The second-order valence-corrected chi connectivity index (χ2v) is 3.00. The average molecular weight is 212 g/mol. The van der Waals surface area contributed by atoms with E-state index in [1.807, 2.05) is 0 Å². The largest absolute Gasteiger partial charge is 0.439 e. The lowest BCUT2D eigenvalue weighted by atomic mass is 10.2. The number of alkyl halides is 1. The monoisotopic (exact) mass is 211 g/mol. The van der Waals surface area contributed by atoms with E-state index >= 15 is 0 Å². The number of halogens is 2. The van der Waals surface area contributed by atoms with E-state index < -0.39 is 0 Å². The number of benzene rings is 1.